The number of hydrogen-bond donors (Lipinski definition) is 0. The van der Waals surface area contributed by atoms with E-state index in [-0.39, 0.29) is 35.8 Å². The van der Waals surface area contributed by atoms with Crippen molar-refractivity contribution in [2.75, 3.05) is 23.0 Å². The van der Waals surface area contributed by atoms with Crippen molar-refractivity contribution < 1.29 is 17.6 Å². The molecule has 0 spiro atoms. The molecule has 2 heterocycles. The molecule has 8 heteroatoms. The van der Waals surface area contributed by atoms with Gasteiger partial charge in [0.1, 0.15) is 5.82 Å². The van der Waals surface area contributed by atoms with Crippen LogP contribution < -0.4 is 4.90 Å². The minimum Gasteiger partial charge on any atom is -0.306 e. The summed E-state index contributed by atoms with van der Waals surface area (Å²) in [5, 5.41) is 0.492. The van der Waals surface area contributed by atoms with Crippen LogP contribution in [0.25, 0.3) is 0 Å². The van der Waals surface area contributed by atoms with Crippen molar-refractivity contribution in [2.45, 2.75) is 18.6 Å². The van der Waals surface area contributed by atoms with Crippen LogP contribution in [0, 0.1) is 5.82 Å². The summed E-state index contributed by atoms with van der Waals surface area (Å²) in [4.78, 5) is 16.4. The summed E-state index contributed by atoms with van der Waals surface area (Å²) in [6.07, 6.45) is 0. The van der Waals surface area contributed by atoms with E-state index >= 15 is 0 Å². The van der Waals surface area contributed by atoms with Gasteiger partial charge in [0.2, 0.25) is 5.91 Å². The fourth-order valence-corrected chi connectivity index (χ4v) is 6.08. The molecule has 1 amide bonds. The highest BCUT2D eigenvalue weighted by Gasteiger charge is 2.49. The maximum absolute atomic E-state index is 13.2. The van der Waals surface area contributed by atoms with Gasteiger partial charge in [0.25, 0.3) is 0 Å². The van der Waals surface area contributed by atoms with E-state index in [1.807, 2.05) is 4.90 Å². The van der Waals surface area contributed by atoms with E-state index in [1.165, 1.54) is 12.1 Å². The lowest BCUT2D eigenvalue weighted by molar-refractivity contribution is -0.123. The predicted molar refractivity (Wildman–Crippen MR) is 102 cm³/mol. The van der Waals surface area contributed by atoms with E-state index < -0.39 is 15.9 Å². The molecule has 4 rings (SSSR count). The lowest BCUT2D eigenvalue weighted by atomic mass is 10.0. The molecule has 2 aromatic rings. The summed E-state index contributed by atoms with van der Waals surface area (Å²) >= 11 is 6.06. The molecular formula is C19H18ClFN2O3S. The molecule has 2 saturated heterocycles. The van der Waals surface area contributed by atoms with Crippen molar-refractivity contribution in [2.24, 2.45) is 0 Å². The number of carbonyl (C=O) groups excluding carboxylic acids is 1. The zero-order valence-electron chi connectivity index (χ0n) is 14.4. The van der Waals surface area contributed by atoms with Crippen LogP contribution in [0.3, 0.4) is 0 Å². The first kappa shape index (κ1) is 18.4. The maximum Gasteiger partial charge on any atom is 0.241 e. The second-order valence-electron chi connectivity index (χ2n) is 6.99. The number of piperazine rings is 1. The number of amides is 1. The summed E-state index contributed by atoms with van der Waals surface area (Å²) in [7, 11) is -3.26. The third-order valence-electron chi connectivity index (χ3n) is 5.09. The van der Waals surface area contributed by atoms with Crippen molar-refractivity contribution in [3.05, 3.63) is 64.9 Å². The minimum absolute atomic E-state index is 0.00318. The molecule has 5 nitrogen and oxygen atoms in total. The zero-order chi connectivity index (χ0) is 19.2. The lowest BCUT2D eigenvalue weighted by Crippen LogP contribution is -2.61. The predicted octanol–water partition coefficient (Wildman–Crippen LogP) is 2.49. The van der Waals surface area contributed by atoms with Gasteiger partial charge in [0.15, 0.2) is 9.84 Å². The number of sulfone groups is 1. The Kier molecular flexibility index (Phi) is 4.70. The third-order valence-corrected chi connectivity index (χ3v) is 7.02. The Morgan fingerprint density at radius 1 is 1.07 bits per heavy atom. The minimum atomic E-state index is -3.26. The number of nitrogens with zero attached hydrogens (tertiary/aromatic N) is 2. The molecule has 0 aromatic heterocycles. The Balaban J connectivity index is 1.66. The highest BCUT2D eigenvalue weighted by atomic mass is 35.5. The molecule has 142 valence electrons. The van der Waals surface area contributed by atoms with Crippen LogP contribution in [0.15, 0.2) is 48.5 Å². The lowest BCUT2D eigenvalue weighted by Gasteiger charge is -2.43. The SMILES string of the molecule is O=C1CN(Cc2ccc(F)cc2)[C@H]2CS(=O)(=O)C[C@@H]2N1c1cccc(Cl)c1. The van der Waals surface area contributed by atoms with Crippen molar-refractivity contribution in [1.29, 1.82) is 0 Å². The Labute approximate surface area is 162 Å². The van der Waals surface area contributed by atoms with Gasteiger partial charge in [-0.15, -0.1) is 0 Å². The molecule has 0 bridgehead atoms. The molecule has 2 atom stereocenters. The molecule has 0 aliphatic carbocycles. The fourth-order valence-electron chi connectivity index (χ4n) is 3.92. The van der Waals surface area contributed by atoms with Gasteiger partial charge in [-0.1, -0.05) is 29.8 Å². The number of rotatable bonds is 3. The number of anilines is 1. The van der Waals surface area contributed by atoms with Gasteiger partial charge in [-0.2, -0.15) is 0 Å². The number of benzene rings is 2. The number of halogens is 2. The number of fused-ring (bicyclic) bond motifs is 1. The van der Waals surface area contributed by atoms with Crippen molar-refractivity contribution in [3.8, 4) is 0 Å². The van der Waals surface area contributed by atoms with Crippen molar-refractivity contribution in [3.63, 3.8) is 0 Å². The van der Waals surface area contributed by atoms with E-state index in [1.54, 1.807) is 41.3 Å². The van der Waals surface area contributed by atoms with Crippen molar-refractivity contribution in [1.82, 2.24) is 4.90 Å². The molecule has 0 unspecified atom stereocenters. The van der Waals surface area contributed by atoms with Gasteiger partial charge < -0.3 is 4.90 Å². The van der Waals surface area contributed by atoms with Crippen LogP contribution in [0.4, 0.5) is 10.1 Å². The van der Waals surface area contributed by atoms with Gasteiger partial charge in [-0.3, -0.25) is 9.69 Å². The number of hydrogen-bond acceptors (Lipinski definition) is 4. The van der Waals surface area contributed by atoms with Gasteiger partial charge in [-0.05, 0) is 35.9 Å². The van der Waals surface area contributed by atoms with E-state index in [4.69, 9.17) is 11.6 Å². The summed E-state index contributed by atoms with van der Waals surface area (Å²) in [5.74, 6) is -0.571. The third kappa shape index (κ3) is 3.72. The summed E-state index contributed by atoms with van der Waals surface area (Å²) in [6.45, 7) is 0.493. The normalized spacial score (nSPS) is 24.8. The first-order chi connectivity index (χ1) is 12.8. The summed E-state index contributed by atoms with van der Waals surface area (Å²) in [6, 6.07) is 12.2. The smallest absolute Gasteiger partial charge is 0.241 e. The Morgan fingerprint density at radius 2 is 1.78 bits per heavy atom. The second kappa shape index (κ2) is 6.89. The first-order valence-electron chi connectivity index (χ1n) is 8.59. The standard InChI is InChI=1S/C19H18ClFN2O3S/c20-14-2-1-3-16(8-14)23-18-12-27(25,26)11-17(18)22(10-19(23)24)9-13-4-6-15(21)7-5-13/h1-8,17-18H,9-12H2/t17-,18-/m0/s1. The molecule has 27 heavy (non-hydrogen) atoms. The highest BCUT2D eigenvalue weighted by Crippen LogP contribution is 2.33. The largest absolute Gasteiger partial charge is 0.306 e. The van der Waals surface area contributed by atoms with E-state index in [2.05, 4.69) is 0 Å². The van der Waals surface area contributed by atoms with E-state index in [9.17, 15) is 17.6 Å². The summed E-state index contributed by atoms with van der Waals surface area (Å²) in [5.41, 5.74) is 1.45. The topological polar surface area (TPSA) is 57.7 Å². The van der Waals surface area contributed by atoms with Crippen LogP contribution in [0.1, 0.15) is 5.56 Å². The summed E-state index contributed by atoms with van der Waals surface area (Å²) < 4.78 is 37.9. The molecule has 0 N–H and O–H groups in total. The molecule has 0 radical (unpaired) electrons. The molecular weight excluding hydrogens is 391 g/mol. The Morgan fingerprint density at radius 3 is 2.48 bits per heavy atom. The Bertz CT molecular complexity index is 981. The zero-order valence-corrected chi connectivity index (χ0v) is 16.0. The monoisotopic (exact) mass is 408 g/mol. The van der Waals surface area contributed by atoms with Gasteiger partial charge >= 0.3 is 0 Å². The maximum atomic E-state index is 13.2. The van der Waals surface area contributed by atoms with Crippen LogP contribution in [-0.4, -0.2) is 49.4 Å². The Hall–Kier alpha value is -1.96. The molecule has 2 aliphatic rings. The number of carbonyl (C=O) groups is 1. The van der Waals surface area contributed by atoms with E-state index in [0.717, 1.165) is 5.56 Å². The highest BCUT2D eigenvalue weighted by molar-refractivity contribution is 7.91. The van der Waals surface area contributed by atoms with Gasteiger partial charge in [-0.25, -0.2) is 12.8 Å². The van der Waals surface area contributed by atoms with Crippen LogP contribution in [-0.2, 0) is 21.2 Å². The molecule has 2 aromatic carbocycles. The molecule has 2 fully saturated rings. The van der Waals surface area contributed by atoms with Gasteiger partial charge in [0, 0.05) is 23.3 Å². The molecule has 0 saturated carbocycles. The fraction of sp³-hybridized carbons (Fsp3) is 0.316. The first-order valence-corrected chi connectivity index (χ1v) is 10.8. The second-order valence-corrected chi connectivity index (χ2v) is 9.58. The molecule has 2 aliphatic heterocycles. The quantitative estimate of drug-likeness (QED) is 0.783. The van der Waals surface area contributed by atoms with Crippen LogP contribution >= 0.6 is 11.6 Å². The average molecular weight is 409 g/mol. The van der Waals surface area contributed by atoms with Gasteiger partial charge in [0.05, 0.1) is 24.1 Å². The van der Waals surface area contributed by atoms with Crippen LogP contribution in [0.5, 0.6) is 0 Å². The van der Waals surface area contributed by atoms with E-state index in [0.29, 0.717) is 17.3 Å². The van der Waals surface area contributed by atoms with Crippen molar-refractivity contribution >= 4 is 33.0 Å². The average Bonchev–Trinajstić information content (AvgIpc) is 2.92. The van der Waals surface area contributed by atoms with Crippen LogP contribution in [0.2, 0.25) is 5.02 Å².